The Morgan fingerprint density at radius 2 is 1.93 bits per heavy atom. The first-order valence-corrected chi connectivity index (χ1v) is 4.19. The average Bonchev–Trinajstić information content (AvgIpc) is 2.19. The summed E-state index contributed by atoms with van der Waals surface area (Å²) in [4.78, 5) is 0. The monoisotopic (exact) mass is 189 g/mol. The van der Waals surface area contributed by atoms with Crippen LogP contribution in [0.3, 0.4) is 0 Å². The molecule has 0 aliphatic carbocycles. The molecule has 0 N–H and O–H groups in total. The predicted octanol–water partition coefficient (Wildman–Crippen LogP) is 3.43. The minimum absolute atomic E-state index is 0.392. The van der Waals surface area contributed by atoms with Gasteiger partial charge in [0.15, 0.2) is 0 Å². The molecule has 14 heavy (non-hydrogen) atoms. The van der Waals surface area contributed by atoms with Crippen molar-refractivity contribution in [2.75, 3.05) is 0 Å². The molecule has 0 spiro atoms. The van der Waals surface area contributed by atoms with Gasteiger partial charge < -0.3 is 0 Å². The van der Waals surface area contributed by atoms with E-state index in [-0.39, 0.29) is 0 Å². The van der Waals surface area contributed by atoms with Crippen molar-refractivity contribution in [2.45, 2.75) is 0 Å². The average molecular weight is 189 g/mol. The van der Waals surface area contributed by atoms with E-state index in [1.807, 2.05) is 0 Å². The fourth-order valence-corrected chi connectivity index (χ4v) is 1.28. The van der Waals surface area contributed by atoms with Crippen LogP contribution < -0.4 is 0 Å². The van der Waals surface area contributed by atoms with Crippen LogP contribution in [0.1, 0.15) is 0 Å². The Morgan fingerprint density at radius 3 is 2.57 bits per heavy atom. The maximum Gasteiger partial charge on any atom is 0.133 e. The van der Waals surface area contributed by atoms with Crippen molar-refractivity contribution in [3.63, 3.8) is 0 Å². The third-order valence-corrected chi connectivity index (χ3v) is 1.95. The normalized spacial score (nSPS) is 10.1. The quantitative estimate of drug-likeness (QED) is 0.644. The molecule has 0 heterocycles. The van der Waals surface area contributed by atoms with Gasteiger partial charge in [-0.2, -0.15) is 0 Å². The largest absolute Gasteiger partial charge is 0.207 e. The second kappa shape index (κ2) is 3.58. The molecule has 0 fully saturated rings. The summed E-state index contributed by atoms with van der Waals surface area (Å²) in [7, 11) is 0. The maximum absolute atomic E-state index is 13.3. The fourth-order valence-electron chi connectivity index (χ4n) is 1.28. The van der Waals surface area contributed by atoms with Gasteiger partial charge in [-0.3, -0.25) is 0 Å². The zero-order valence-corrected chi connectivity index (χ0v) is 7.30. The van der Waals surface area contributed by atoms with Gasteiger partial charge in [0, 0.05) is 11.6 Å². The minimum Gasteiger partial charge on any atom is -0.207 e. The van der Waals surface area contributed by atoms with E-state index in [1.165, 1.54) is 12.1 Å². The molecule has 0 bridgehead atoms. The Hall–Kier alpha value is -1.70. The van der Waals surface area contributed by atoms with Crippen molar-refractivity contribution in [3.8, 4) is 11.1 Å². The summed E-state index contributed by atoms with van der Waals surface area (Å²) in [5.41, 5.74) is 1.09. The lowest BCUT2D eigenvalue weighted by Gasteiger charge is -2.02. The number of hydrogen-bond acceptors (Lipinski definition) is 0. The van der Waals surface area contributed by atoms with Crippen molar-refractivity contribution in [1.29, 1.82) is 0 Å². The van der Waals surface area contributed by atoms with Gasteiger partial charge in [-0.1, -0.05) is 18.2 Å². The molecule has 0 saturated carbocycles. The van der Waals surface area contributed by atoms with Gasteiger partial charge in [0.2, 0.25) is 0 Å². The molecule has 1 radical (unpaired) electrons. The van der Waals surface area contributed by atoms with Gasteiger partial charge in [0.25, 0.3) is 0 Å². The third-order valence-electron chi connectivity index (χ3n) is 1.95. The zero-order chi connectivity index (χ0) is 9.97. The van der Waals surface area contributed by atoms with E-state index in [2.05, 4.69) is 6.07 Å². The summed E-state index contributed by atoms with van der Waals surface area (Å²) in [6.07, 6.45) is 0. The SMILES string of the molecule is Fc1ccc(-c2c[c]ccc2)c(F)c1. The lowest BCUT2D eigenvalue weighted by molar-refractivity contribution is 0.585. The zero-order valence-electron chi connectivity index (χ0n) is 7.30. The third kappa shape index (κ3) is 1.64. The van der Waals surface area contributed by atoms with Crippen molar-refractivity contribution < 1.29 is 8.78 Å². The van der Waals surface area contributed by atoms with Crippen LogP contribution >= 0.6 is 0 Å². The van der Waals surface area contributed by atoms with E-state index >= 15 is 0 Å². The van der Waals surface area contributed by atoms with Crippen LogP contribution in [0.4, 0.5) is 8.78 Å². The predicted molar refractivity (Wildman–Crippen MR) is 50.6 cm³/mol. The van der Waals surface area contributed by atoms with Crippen LogP contribution in [0.15, 0.2) is 42.5 Å². The molecule has 69 valence electrons. The van der Waals surface area contributed by atoms with Crippen molar-refractivity contribution >= 4 is 0 Å². The van der Waals surface area contributed by atoms with Gasteiger partial charge in [0.1, 0.15) is 11.6 Å². The summed E-state index contributed by atoms with van der Waals surface area (Å²) in [6.45, 7) is 0. The van der Waals surface area contributed by atoms with E-state index in [1.54, 1.807) is 24.3 Å². The first-order valence-electron chi connectivity index (χ1n) is 4.19. The summed E-state index contributed by atoms with van der Waals surface area (Å²) < 4.78 is 25.9. The molecule has 0 aromatic heterocycles. The molecule has 2 heteroatoms. The molecule has 0 nitrogen and oxygen atoms in total. The highest BCUT2D eigenvalue weighted by molar-refractivity contribution is 5.63. The highest BCUT2D eigenvalue weighted by Crippen LogP contribution is 2.22. The van der Waals surface area contributed by atoms with E-state index in [0.29, 0.717) is 11.1 Å². The van der Waals surface area contributed by atoms with Gasteiger partial charge in [-0.25, -0.2) is 8.78 Å². The Bertz CT molecular complexity index is 435. The molecule has 0 aliphatic rings. The molecule has 2 aromatic carbocycles. The van der Waals surface area contributed by atoms with Gasteiger partial charge >= 0.3 is 0 Å². The molecule has 2 rings (SSSR count). The molecule has 0 unspecified atom stereocenters. The lowest BCUT2D eigenvalue weighted by Crippen LogP contribution is -1.85. The number of hydrogen-bond donors (Lipinski definition) is 0. The molecular weight excluding hydrogens is 182 g/mol. The van der Waals surface area contributed by atoms with E-state index in [4.69, 9.17) is 0 Å². The number of halogens is 2. The topological polar surface area (TPSA) is 0 Å². The number of rotatable bonds is 1. The van der Waals surface area contributed by atoms with Crippen LogP contribution in [-0.2, 0) is 0 Å². The number of benzene rings is 2. The second-order valence-corrected chi connectivity index (χ2v) is 2.92. The first-order chi connectivity index (χ1) is 6.77. The summed E-state index contributed by atoms with van der Waals surface area (Å²) in [5, 5.41) is 0. The van der Waals surface area contributed by atoms with Crippen LogP contribution in [0.2, 0.25) is 0 Å². The van der Waals surface area contributed by atoms with Crippen molar-refractivity contribution in [1.82, 2.24) is 0 Å². The highest BCUT2D eigenvalue weighted by Gasteiger charge is 2.04. The molecule has 0 atom stereocenters. The molecule has 0 saturated heterocycles. The fraction of sp³-hybridized carbons (Fsp3) is 0. The molecule has 0 aliphatic heterocycles. The minimum atomic E-state index is -0.564. The van der Waals surface area contributed by atoms with Crippen molar-refractivity contribution in [2.24, 2.45) is 0 Å². The van der Waals surface area contributed by atoms with Crippen LogP contribution in [0, 0.1) is 17.7 Å². The van der Waals surface area contributed by atoms with Crippen molar-refractivity contribution in [3.05, 3.63) is 60.2 Å². The van der Waals surface area contributed by atoms with E-state index < -0.39 is 11.6 Å². The molecular formula is C12H7F2. The van der Waals surface area contributed by atoms with Crippen LogP contribution in [-0.4, -0.2) is 0 Å². The van der Waals surface area contributed by atoms with Gasteiger partial charge in [0.05, 0.1) is 0 Å². The Labute approximate surface area is 80.8 Å². The Balaban J connectivity index is 2.53. The standard InChI is InChI=1S/C12H7F2/c13-10-6-7-11(12(14)8-10)9-4-2-1-3-5-9/h1-2,4-8H. The van der Waals surface area contributed by atoms with Gasteiger partial charge in [-0.15, -0.1) is 0 Å². The molecule has 0 amide bonds. The smallest absolute Gasteiger partial charge is 0.133 e. The molecule has 2 aromatic rings. The second-order valence-electron chi connectivity index (χ2n) is 2.92. The maximum atomic E-state index is 13.3. The van der Waals surface area contributed by atoms with Crippen LogP contribution in [0.5, 0.6) is 0 Å². The lowest BCUT2D eigenvalue weighted by atomic mass is 10.1. The summed E-state index contributed by atoms with van der Waals surface area (Å²) in [5.74, 6) is -1.12. The Kier molecular flexibility index (Phi) is 2.27. The van der Waals surface area contributed by atoms with E-state index in [9.17, 15) is 8.78 Å². The summed E-state index contributed by atoms with van der Waals surface area (Å²) >= 11 is 0. The highest BCUT2D eigenvalue weighted by atomic mass is 19.1. The van der Waals surface area contributed by atoms with Crippen LogP contribution in [0.25, 0.3) is 11.1 Å². The summed E-state index contributed by atoms with van der Waals surface area (Å²) in [6, 6.07) is 13.3. The van der Waals surface area contributed by atoms with E-state index in [0.717, 1.165) is 6.07 Å². The first kappa shape index (κ1) is 8.88. The van der Waals surface area contributed by atoms with Gasteiger partial charge in [-0.05, 0) is 29.8 Å². The Morgan fingerprint density at radius 1 is 1.07 bits per heavy atom.